The van der Waals surface area contributed by atoms with E-state index in [0.717, 1.165) is 33.4 Å². The number of H-pyrrole nitrogens is 1. The third-order valence-electron chi connectivity index (χ3n) is 4.94. The lowest BCUT2D eigenvalue weighted by Gasteiger charge is -2.11. The SMILES string of the molecule is C=C/C=C\C(=C/C)n1c[nH+]c2c3cc(C4=CC=CCO4)ccc3n(C)c2c1=O.CC.CC. The first-order chi connectivity index (χ1) is 15.7. The Morgan fingerprint density at radius 1 is 1.22 bits per heavy atom. The molecule has 5 heteroatoms. The van der Waals surface area contributed by atoms with Gasteiger partial charge in [-0.2, -0.15) is 4.57 Å². The molecular formula is C27H34N3O2+. The Morgan fingerprint density at radius 2 is 1.97 bits per heavy atom. The van der Waals surface area contributed by atoms with Gasteiger partial charge in [-0.1, -0.05) is 52.5 Å². The molecule has 168 valence electrons. The fraction of sp³-hybridized carbons (Fsp3) is 0.259. The van der Waals surface area contributed by atoms with Crippen molar-refractivity contribution in [1.29, 1.82) is 0 Å². The molecule has 0 fully saturated rings. The van der Waals surface area contributed by atoms with Gasteiger partial charge >= 0.3 is 5.56 Å². The molecule has 5 nitrogen and oxygen atoms in total. The lowest BCUT2D eigenvalue weighted by atomic mass is 10.1. The number of aromatic nitrogens is 3. The summed E-state index contributed by atoms with van der Waals surface area (Å²) in [7, 11) is 1.91. The predicted octanol–water partition coefficient (Wildman–Crippen LogP) is 5.89. The zero-order valence-electron chi connectivity index (χ0n) is 20.0. The number of nitrogens with zero attached hydrogens (tertiary/aromatic N) is 2. The normalized spacial score (nSPS) is 13.2. The minimum absolute atomic E-state index is 0.0770. The second-order valence-corrected chi connectivity index (χ2v) is 6.54. The van der Waals surface area contributed by atoms with Crippen LogP contribution < -0.4 is 10.5 Å². The van der Waals surface area contributed by atoms with Gasteiger partial charge in [0.25, 0.3) is 0 Å². The molecule has 32 heavy (non-hydrogen) atoms. The van der Waals surface area contributed by atoms with E-state index >= 15 is 0 Å². The average Bonchev–Trinajstić information content (AvgIpc) is 3.15. The van der Waals surface area contributed by atoms with Crippen LogP contribution in [-0.4, -0.2) is 15.7 Å². The molecule has 0 saturated carbocycles. The highest BCUT2D eigenvalue weighted by atomic mass is 16.5. The summed E-state index contributed by atoms with van der Waals surface area (Å²) in [6.07, 6.45) is 14.9. The maximum absolute atomic E-state index is 13.2. The second-order valence-electron chi connectivity index (χ2n) is 6.54. The standard InChI is InChI=1S/C23H21N3O2.2C2H6/c1-4-6-9-17(5-2)26-15-24-21-18-14-16(20-10-7-8-13-28-20)11-12-19(18)25(3)22(21)23(26)27;2*1-2/h4-12,14-15H,1,13H2,2-3H3;2*1-2H3/p+1/b9-6-,17-5+;;. The minimum atomic E-state index is -0.0770. The highest BCUT2D eigenvalue weighted by Crippen LogP contribution is 2.28. The van der Waals surface area contributed by atoms with Crippen molar-refractivity contribution in [3.8, 4) is 0 Å². The zero-order chi connectivity index (χ0) is 23.7. The quantitative estimate of drug-likeness (QED) is 0.483. The van der Waals surface area contributed by atoms with E-state index in [1.54, 1.807) is 17.0 Å². The molecular weight excluding hydrogens is 398 g/mol. The number of hydrogen-bond donors (Lipinski definition) is 0. The molecule has 0 unspecified atom stereocenters. The molecule has 0 bridgehead atoms. The van der Waals surface area contributed by atoms with Crippen LogP contribution in [0.4, 0.5) is 0 Å². The second kappa shape index (κ2) is 11.7. The van der Waals surface area contributed by atoms with E-state index in [0.29, 0.717) is 12.1 Å². The Hall–Kier alpha value is -3.60. The van der Waals surface area contributed by atoms with E-state index in [2.05, 4.69) is 17.6 Å². The van der Waals surface area contributed by atoms with E-state index in [1.165, 1.54) is 0 Å². The maximum atomic E-state index is 13.2. The predicted molar refractivity (Wildman–Crippen MR) is 136 cm³/mol. The molecule has 4 rings (SSSR count). The topological polar surface area (TPSA) is 50.3 Å². The number of rotatable bonds is 4. The first-order valence-corrected chi connectivity index (χ1v) is 11.2. The van der Waals surface area contributed by atoms with Crippen LogP contribution in [0.1, 0.15) is 40.2 Å². The molecule has 0 atom stereocenters. The molecule has 0 spiro atoms. The highest BCUT2D eigenvalue weighted by Gasteiger charge is 2.20. The number of ether oxygens (including phenoxy) is 1. The molecule has 0 amide bonds. The van der Waals surface area contributed by atoms with E-state index in [1.807, 2.05) is 94.8 Å². The summed E-state index contributed by atoms with van der Waals surface area (Å²) >= 11 is 0. The van der Waals surface area contributed by atoms with Gasteiger partial charge in [0.1, 0.15) is 18.1 Å². The Labute approximate surface area is 190 Å². The summed E-state index contributed by atoms with van der Waals surface area (Å²) in [6, 6.07) is 6.12. The van der Waals surface area contributed by atoms with Crippen LogP contribution in [0.15, 0.2) is 78.4 Å². The smallest absolute Gasteiger partial charge is 0.366 e. The molecule has 3 heterocycles. The number of allylic oxidation sites excluding steroid dienone is 7. The van der Waals surface area contributed by atoms with E-state index in [-0.39, 0.29) is 5.56 Å². The van der Waals surface area contributed by atoms with Crippen molar-refractivity contribution in [3.63, 3.8) is 0 Å². The van der Waals surface area contributed by atoms with Gasteiger partial charge < -0.3 is 9.30 Å². The lowest BCUT2D eigenvalue weighted by molar-refractivity contribution is -0.350. The van der Waals surface area contributed by atoms with E-state index in [4.69, 9.17) is 4.74 Å². The van der Waals surface area contributed by atoms with Crippen molar-refractivity contribution in [1.82, 2.24) is 9.13 Å². The number of aryl methyl sites for hydroxylation is 1. The number of nitrogens with one attached hydrogen (secondary N) is 1. The molecule has 1 aliphatic rings. The largest absolute Gasteiger partial charge is 0.489 e. The molecule has 2 aromatic heterocycles. The summed E-state index contributed by atoms with van der Waals surface area (Å²) in [5.41, 5.74) is 4.12. The van der Waals surface area contributed by atoms with Crippen LogP contribution in [0, 0.1) is 0 Å². The fourth-order valence-corrected chi connectivity index (χ4v) is 3.55. The Bertz CT molecular complexity index is 1270. The van der Waals surface area contributed by atoms with Crippen molar-refractivity contribution in [2.75, 3.05) is 6.61 Å². The van der Waals surface area contributed by atoms with Crippen LogP contribution >= 0.6 is 0 Å². The van der Waals surface area contributed by atoms with Crippen molar-refractivity contribution in [2.45, 2.75) is 34.6 Å². The Balaban J connectivity index is 0.000000860. The maximum Gasteiger partial charge on any atom is 0.366 e. The third kappa shape index (κ3) is 4.67. The highest BCUT2D eigenvalue weighted by molar-refractivity contribution is 6.04. The van der Waals surface area contributed by atoms with Crippen LogP contribution in [0.5, 0.6) is 0 Å². The summed E-state index contributed by atoms with van der Waals surface area (Å²) in [5.74, 6) is 0.834. The van der Waals surface area contributed by atoms with E-state index < -0.39 is 0 Å². The summed E-state index contributed by atoms with van der Waals surface area (Å²) < 4.78 is 9.27. The van der Waals surface area contributed by atoms with Gasteiger partial charge in [0.2, 0.25) is 6.33 Å². The number of aromatic amines is 1. The average molecular weight is 433 g/mol. The number of fused-ring (bicyclic) bond motifs is 3. The minimum Gasteiger partial charge on any atom is -0.489 e. The van der Waals surface area contributed by atoms with Crippen molar-refractivity contribution < 1.29 is 9.72 Å². The Kier molecular flexibility index (Phi) is 9.02. The third-order valence-corrected chi connectivity index (χ3v) is 4.94. The van der Waals surface area contributed by atoms with Gasteiger partial charge in [-0.3, -0.25) is 0 Å². The zero-order valence-corrected chi connectivity index (χ0v) is 20.0. The van der Waals surface area contributed by atoms with Crippen molar-refractivity contribution >= 4 is 33.4 Å². The Morgan fingerprint density at radius 3 is 2.59 bits per heavy atom. The molecule has 1 aliphatic heterocycles. The van der Waals surface area contributed by atoms with Gasteiger partial charge in [-0.15, -0.1) is 0 Å². The van der Waals surface area contributed by atoms with Crippen LogP contribution in [0.25, 0.3) is 33.4 Å². The number of hydrogen-bond acceptors (Lipinski definition) is 2. The van der Waals surface area contributed by atoms with Crippen LogP contribution in [-0.2, 0) is 11.8 Å². The summed E-state index contributed by atoms with van der Waals surface area (Å²) in [5, 5.41) is 0.988. The van der Waals surface area contributed by atoms with Crippen molar-refractivity contribution in [3.05, 3.63) is 89.6 Å². The molecule has 1 aromatic carbocycles. The first kappa shape index (κ1) is 24.7. The van der Waals surface area contributed by atoms with Gasteiger partial charge in [0, 0.05) is 18.0 Å². The van der Waals surface area contributed by atoms with Crippen LogP contribution in [0.2, 0.25) is 0 Å². The lowest BCUT2D eigenvalue weighted by Crippen LogP contribution is -2.26. The molecule has 0 saturated heterocycles. The van der Waals surface area contributed by atoms with Gasteiger partial charge in [0.15, 0.2) is 11.0 Å². The fourth-order valence-electron chi connectivity index (χ4n) is 3.55. The monoisotopic (exact) mass is 432 g/mol. The summed E-state index contributed by atoms with van der Waals surface area (Å²) in [6.45, 7) is 14.2. The summed E-state index contributed by atoms with van der Waals surface area (Å²) in [4.78, 5) is 16.6. The number of benzene rings is 1. The van der Waals surface area contributed by atoms with Gasteiger partial charge in [0.05, 0.1) is 5.52 Å². The molecule has 1 N–H and O–H groups in total. The molecule has 0 radical (unpaired) electrons. The van der Waals surface area contributed by atoms with E-state index in [9.17, 15) is 4.79 Å². The van der Waals surface area contributed by atoms with Gasteiger partial charge in [-0.05, 0) is 49.4 Å². The molecule has 3 aromatic rings. The first-order valence-electron chi connectivity index (χ1n) is 11.2. The van der Waals surface area contributed by atoms with Gasteiger partial charge in [-0.25, -0.2) is 9.78 Å². The van der Waals surface area contributed by atoms with Crippen molar-refractivity contribution in [2.24, 2.45) is 7.05 Å². The van der Waals surface area contributed by atoms with Crippen LogP contribution in [0.3, 0.4) is 0 Å². The molecule has 0 aliphatic carbocycles.